The molecule has 2 aliphatic rings. The van der Waals surface area contributed by atoms with Crippen molar-refractivity contribution in [2.45, 2.75) is 5.41 Å². The molecule has 1 unspecified atom stereocenters. The van der Waals surface area contributed by atoms with E-state index in [1.807, 2.05) is 0 Å². The summed E-state index contributed by atoms with van der Waals surface area (Å²) in [6, 6.07) is 74.1. The average Bonchev–Trinajstić information content (AvgIpc) is 3.86. The molecule has 284 valence electrons. The topological polar surface area (TPSA) is 35.0 Å². The van der Waals surface area contributed by atoms with Crippen molar-refractivity contribution in [3.05, 3.63) is 229 Å². The number of ether oxygens (including phenoxy) is 1. The summed E-state index contributed by atoms with van der Waals surface area (Å²) < 4.78 is 9.26. The van der Waals surface area contributed by atoms with E-state index in [0.29, 0.717) is 5.82 Å². The van der Waals surface area contributed by atoms with Crippen LogP contribution in [0.25, 0.3) is 87.1 Å². The maximum atomic E-state index is 7.02. The van der Waals surface area contributed by atoms with Gasteiger partial charge in [-0.3, -0.25) is 0 Å². The van der Waals surface area contributed by atoms with Gasteiger partial charge < -0.3 is 4.74 Å². The van der Waals surface area contributed by atoms with E-state index in [2.05, 4.69) is 206 Å². The molecule has 0 amide bonds. The maximum absolute atomic E-state index is 7.02. The molecular weight excluding hydrogens is 761 g/mol. The van der Waals surface area contributed by atoms with Crippen molar-refractivity contribution >= 4 is 42.4 Å². The van der Waals surface area contributed by atoms with Gasteiger partial charge in [-0.25, -0.2) is 9.97 Å². The lowest BCUT2D eigenvalue weighted by Crippen LogP contribution is -2.32. The van der Waals surface area contributed by atoms with Gasteiger partial charge in [-0.1, -0.05) is 170 Å². The first kappa shape index (κ1) is 34.2. The third kappa shape index (κ3) is 5.03. The van der Waals surface area contributed by atoms with E-state index in [9.17, 15) is 0 Å². The molecule has 61 heavy (non-hydrogen) atoms. The third-order valence-electron chi connectivity index (χ3n) is 12.7. The van der Waals surface area contributed by atoms with Crippen LogP contribution in [0.5, 0.6) is 11.5 Å². The summed E-state index contributed by atoms with van der Waals surface area (Å²) in [7, 11) is 0. The van der Waals surface area contributed by atoms with Gasteiger partial charge in [-0.2, -0.15) is 0 Å². The summed E-state index contributed by atoms with van der Waals surface area (Å²) in [5, 5.41) is 3.63. The van der Waals surface area contributed by atoms with E-state index in [-0.39, 0.29) is 0 Å². The fraction of sp³-hybridized carbons (Fsp3) is 0.0175. The van der Waals surface area contributed by atoms with Gasteiger partial charge >= 0.3 is 0 Å². The first-order valence-corrected chi connectivity index (χ1v) is 21.5. The van der Waals surface area contributed by atoms with Crippen LogP contribution in [0, 0.1) is 0 Å². The molecule has 0 bridgehead atoms. The number of hydrogen-bond acceptors (Lipinski definition) is 4. The zero-order chi connectivity index (χ0) is 40.1. The fourth-order valence-corrected chi connectivity index (χ4v) is 11.2. The highest BCUT2D eigenvalue weighted by Gasteiger charge is 2.51. The quantitative estimate of drug-likeness (QED) is 0.178. The zero-order valence-electron chi connectivity index (χ0n) is 32.8. The Morgan fingerprint density at radius 2 is 1.03 bits per heavy atom. The highest BCUT2D eigenvalue weighted by atomic mass is 32.1. The maximum Gasteiger partial charge on any atom is 0.160 e. The Kier molecular flexibility index (Phi) is 7.39. The first-order chi connectivity index (χ1) is 30.2. The standard InChI is InChI=1S/C57H34N2OS/c1-3-15-35(16-4-1)39-31-40(36-17-5-2-6-18-36)33-41(32-39)56-58-53(55-54(59-56)44-22-10-14-26-51(44)61-55)38-28-29-47-50(34-38)60-49-25-13-12-24-46(49)57(47)45-23-11-9-21-43(45)52-42-20-8-7-19-37(42)27-30-48(52)57/h1-34H. The molecule has 1 aliphatic heterocycles. The lowest BCUT2D eigenvalue weighted by molar-refractivity contribution is 0.436. The van der Waals surface area contributed by atoms with E-state index in [0.717, 1.165) is 77.3 Å². The minimum Gasteiger partial charge on any atom is -0.457 e. The van der Waals surface area contributed by atoms with Crippen LogP contribution < -0.4 is 4.74 Å². The molecule has 2 aromatic heterocycles. The van der Waals surface area contributed by atoms with E-state index < -0.39 is 5.41 Å². The minimum absolute atomic E-state index is 0.575. The second-order valence-corrected chi connectivity index (χ2v) is 17.1. The number of aromatic nitrogens is 2. The number of rotatable bonds is 4. The van der Waals surface area contributed by atoms with Crippen molar-refractivity contribution in [3.63, 3.8) is 0 Å². The summed E-state index contributed by atoms with van der Waals surface area (Å²) in [5.41, 5.74) is 15.1. The molecule has 1 aliphatic carbocycles. The van der Waals surface area contributed by atoms with E-state index in [1.165, 1.54) is 37.7 Å². The van der Waals surface area contributed by atoms with Crippen LogP contribution in [-0.2, 0) is 5.41 Å². The van der Waals surface area contributed by atoms with Crippen molar-refractivity contribution in [1.29, 1.82) is 0 Å². The molecule has 3 heterocycles. The highest BCUT2D eigenvalue weighted by molar-refractivity contribution is 7.26. The molecule has 0 N–H and O–H groups in total. The molecule has 13 rings (SSSR count). The lowest BCUT2D eigenvalue weighted by Gasteiger charge is -2.39. The number of nitrogens with zero attached hydrogens (tertiary/aromatic N) is 2. The van der Waals surface area contributed by atoms with Crippen LogP contribution in [0.4, 0.5) is 0 Å². The lowest BCUT2D eigenvalue weighted by atomic mass is 9.66. The van der Waals surface area contributed by atoms with Gasteiger partial charge in [-0.15, -0.1) is 11.3 Å². The van der Waals surface area contributed by atoms with Crippen molar-refractivity contribution in [2.75, 3.05) is 0 Å². The van der Waals surface area contributed by atoms with E-state index in [1.54, 1.807) is 11.3 Å². The summed E-state index contributed by atoms with van der Waals surface area (Å²) in [6.45, 7) is 0. The summed E-state index contributed by atoms with van der Waals surface area (Å²) in [6.07, 6.45) is 0. The Hall–Kier alpha value is -7.66. The van der Waals surface area contributed by atoms with Gasteiger partial charge in [0.25, 0.3) is 0 Å². The Morgan fingerprint density at radius 1 is 0.410 bits per heavy atom. The summed E-state index contributed by atoms with van der Waals surface area (Å²) in [4.78, 5) is 10.9. The average molecular weight is 795 g/mol. The number of hydrogen-bond donors (Lipinski definition) is 0. The zero-order valence-corrected chi connectivity index (χ0v) is 33.7. The number of para-hydroxylation sites is 1. The second-order valence-electron chi connectivity index (χ2n) is 16.0. The highest BCUT2D eigenvalue weighted by Crippen LogP contribution is 2.63. The Labute approximate surface area is 356 Å². The van der Waals surface area contributed by atoms with Gasteiger partial charge in [0.05, 0.1) is 21.3 Å². The molecule has 0 saturated heterocycles. The van der Waals surface area contributed by atoms with Crippen molar-refractivity contribution < 1.29 is 4.74 Å². The monoisotopic (exact) mass is 794 g/mol. The molecule has 1 atom stereocenters. The van der Waals surface area contributed by atoms with Crippen LogP contribution in [0.15, 0.2) is 206 Å². The predicted molar refractivity (Wildman–Crippen MR) is 252 cm³/mol. The molecule has 0 saturated carbocycles. The Morgan fingerprint density at radius 3 is 1.84 bits per heavy atom. The first-order valence-electron chi connectivity index (χ1n) is 20.7. The van der Waals surface area contributed by atoms with Crippen LogP contribution in [0.2, 0.25) is 0 Å². The molecule has 11 aromatic rings. The molecule has 4 heteroatoms. The van der Waals surface area contributed by atoms with Crippen LogP contribution in [-0.4, -0.2) is 9.97 Å². The molecule has 9 aromatic carbocycles. The smallest absolute Gasteiger partial charge is 0.160 e. The Balaban J connectivity index is 1.06. The van der Waals surface area contributed by atoms with Crippen LogP contribution >= 0.6 is 11.3 Å². The van der Waals surface area contributed by atoms with Crippen LogP contribution in [0.1, 0.15) is 22.3 Å². The molecule has 1 spiro atoms. The Bertz CT molecular complexity index is 3520. The predicted octanol–water partition coefficient (Wildman–Crippen LogP) is 15.1. The van der Waals surface area contributed by atoms with Gasteiger partial charge in [0, 0.05) is 32.3 Å². The molecule has 3 nitrogen and oxygen atoms in total. The summed E-state index contributed by atoms with van der Waals surface area (Å²) >= 11 is 1.75. The normalized spacial score (nSPS) is 14.8. The summed E-state index contributed by atoms with van der Waals surface area (Å²) in [5.74, 6) is 2.38. The van der Waals surface area contributed by atoms with E-state index >= 15 is 0 Å². The molecule has 0 fully saturated rings. The number of fused-ring (bicyclic) bond motifs is 14. The molecule has 0 radical (unpaired) electrons. The van der Waals surface area contributed by atoms with Gasteiger partial charge in [0.15, 0.2) is 5.82 Å². The fourth-order valence-electron chi connectivity index (χ4n) is 10.1. The van der Waals surface area contributed by atoms with Crippen molar-refractivity contribution in [2.24, 2.45) is 0 Å². The minimum atomic E-state index is -0.575. The van der Waals surface area contributed by atoms with Crippen LogP contribution in [0.3, 0.4) is 0 Å². The second kappa shape index (κ2) is 13.2. The van der Waals surface area contributed by atoms with Crippen molar-refractivity contribution in [1.82, 2.24) is 9.97 Å². The number of benzene rings is 9. The largest absolute Gasteiger partial charge is 0.457 e. The van der Waals surface area contributed by atoms with E-state index in [4.69, 9.17) is 14.7 Å². The third-order valence-corrected chi connectivity index (χ3v) is 13.9. The van der Waals surface area contributed by atoms with Gasteiger partial charge in [0.1, 0.15) is 11.5 Å². The van der Waals surface area contributed by atoms with Gasteiger partial charge in [0.2, 0.25) is 0 Å². The molecular formula is C57H34N2OS. The number of thiophene rings is 1. The van der Waals surface area contributed by atoms with Gasteiger partial charge in [-0.05, 0) is 91.7 Å². The SMILES string of the molecule is c1ccc(-c2cc(-c3ccccc3)cc(-c3nc(-c4ccc5c(c4)Oc4ccccc4C54c5ccccc5-c5c4ccc4ccccc54)c4sc5ccccc5c4n3)c2)cc1. The van der Waals surface area contributed by atoms with Crippen molar-refractivity contribution in [3.8, 4) is 67.5 Å².